The van der Waals surface area contributed by atoms with E-state index >= 15 is 0 Å². The van der Waals surface area contributed by atoms with Gasteiger partial charge in [0.25, 0.3) is 0 Å². The van der Waals surface area contributed by atoms with Gasteiger partial charge in [-0.15, -0.1) is 0 Å². The van der Waals surface area contributed by atoms with Gasteiger partial charge < -0.3 is 15.5 Å². The molecule has 0 radical (unpaired) electrons. The summed E-state index contributed by atoms with van der Waals surface area (Å²) in [7, 11) is 3.98. The molecule has 19 heavy (non-hydrogen) atoms. The van der Waals surface area contributed by atoms with E-state index in [0.29, 0.717) is 11.7 Å². The highest BCUT2D eigenvalue weighted by atomic mass is 16.6. The van der Waals surface area contributed by atoms with E-state index in [1.54, 1.807) is 18.2 Å². The van der Waals surface area contributed by atoms with Crippen molar-refractivity contribution in [1.29, 1.82) is 0 Å². The minimum absolute atomic E-state index is 0.00523. The molecule has 0 aromatic heterocycles. The molecule has 1 aromatic rings. The maximum atomic E-state index is 11.1. The summed E-state index contributed by atoms with van der Waals surface area (Å²) in [5.74, 6) is 0. The van der Waals surface area contributed by atoms with Crippen LogP contribution in [0.5, 0.6) is 0 Å². The molecule has 0 amide bonds. The first-order chi connectivity index (χ1) is 9.00. The van der Waals surface area contributed by atoms with Crippen LogP contribution in [0.25, 0.3) is 0 Å². The average molecular weight is 264 g/mol. The van der Waals surface area contributed by atoms with Crippen LogP contribution in [-0.4, -0.2) is 43.0 Å². The van der Waals surface area contributed by atoms with Crippen molar-refractivity contribution in [2.75, 3.05) is 37.8 Å². The van der Waals surface area contributed by atoms with Gasteiger partial charge in [0.2, 0.25) is 0 Å². The maximum Gasteiger partial charge on any atom is 0.315 e. The lowest BCUT2D eigenvalue weighted by Gasteiger charge is -2.27. The molecule has 0 spiro atoms. The van der Waals surface area contributed by atoms with Crippen LogP contribution in [-0.2, 0) is 0 Å². The van der Waals surface area contributed by atoms with Crippen molar-refractivity contribution < 1.29 is 4.92 Å². The highest BCUT2D eigenvalue weighted by Gasteiger charge is 2.26. The molecule has 0 bridgehead atoms. The van der Waals surface area contributed by atoms with E-state index in [1.807, 2.05) is 11.9 Å². The number of nitro groups is 1. The van der Waals surface area contributed by atoms with Gasteiger partial charge in [0.15, 0.2) is 0 Å². The summed E-state index contributed by atoms with van der Waals surface area (Å²) >= 11 is 0. The van der Waals surface area contributed by atoms with Crippen molar-refractivity contribution in [3.8, 4) is 0 Å². The van der Waals surface area contributed by atoms with Crippen molar-refractivity contribution in [2.24, 2.45) is 0 Å². The number of nitrogens with two attached hydrogens (primary N) is 1. The molecule has 2 N–H and O–H groups in total. The number of para-hydroxylation sites is 1. The third-order valence-corrected chi connectivity index (χ3v) is 3.80. The minimum atomic E-state index is -0.403. The van der Waals surface area contributed by atoms with E-state index in [-0.39, 0.29) is 11.4 Å². The molecule has 1 aliphatic rings. The number of nitrogens with zero attached hydrogens (tertiary/aromatic N) is 3. The highest BCUT2D eigenvalue weighted by molar-refractivity contribution is 5.75. The van der Waals surface area contributed by atoms with Crippen molar-refractivity contribution in [3.63, 3.8) is 0 Å². The first-order valence-electron chi connectivity index (χ1n) is 6.45. The summed E-state index contributed by atoms with van der Waals surface area (Å²) in [5.41, 5.74) is 6.53. The second-order valence-corrected chi connectivity index (χ2v) is 5.13. The van der Waals surface area contributed by atoms with Crippen LogP contribution in [0.1, 0.15) is 12.8 Å². The zero-order chi connectivity index (χ0) is 14.0. The Morgan fingerprint density at radius 2 is 2.32 bits per heavy atom. The quantitative estimate of drug-likeness (QED) is 0.509. The number of hydrogen-bond acceptors (Lipinski definition) is 5. The molecule has 104 valence electrons. The molecule has 1 unspecified atom stereocenters. The van der Waals surface area contributed by atoms with Crippen LogP contribution < -0.4 is 10.6 Å². The average Bonchev–Trinajstić information content (AvgIpc) is 2.74. The SMILES string of the molecule is CN(CC1CCCN1C)c1cccc(N)c1[N+](=O)[O-]. The third-order valence-electron chi connectivity index (χ3n) is 3.80. The van der Waals surface area contributed by atoms with Gasteiger partial charge in [0.05, 0.1) is 4.92 Å². The van der Waals surface area contributed by atoms with Gasteiger partial charge in [-0.05, 0) is 38.6 Å². The molecule has 1 saturated heterocycles. The summed E-state index contributed by atoms with van der Waals surface area (Å²) in [5, 5.41) is 11.1. The van der Waals surface area contributed by atoms with E-state index in [4.69, 9.17) is 5.73 Å². The molecular formula is C13H20N4O2. The van der Waals surface area contributed by atoms with Crippen LogP contribution >= 0.6 is 0 Å². The number of likely N-dealkylation sites (N-methyl/N-ethyl adjacent to an activating group) is 2. The van der Waals surface area contributed by atoms with E-state index < -0.39 is 4.92 Å². The number of nitrogen functional groups attached to an aromatic ring is 1. The topological polar surface area (TPSA) is 75.6 Å². The van der Waals surface area contributed by atoms with Gasteiger partial charge in [0, 0.05) is 19.6 Å². The first kappa shape index (κ1) is 13.6. The Bertz CT molecular complexity index is 478. The van der Waals surface area contributed by atoms with Gasteiger partial charge >= 0.3 is 5.69 Å². The standard InChI is InChI=1S/C13H20N4O2/c1-15-8-4-5-10(15)9-16(2)12-7-3-6-11(14)13(12)17(18)19/h3,6-7,10H,4-5,8-9,14H2,1-2H3. The second-order valence-electron chi connectivity index (χ2n) is 5.13. The lowest BCUT2D eigenvalue weighted by molar-refractivity contribution is -0.383. The number of hydrogen-bond donors (Lipinski definition) is 1. The Kier molecular flexibility index (Phi) is 3.90. The Labute approximate surface area is 112 Å². The Morgan fingerprint density at radius 1 is 1.58 bits per heavy atom. The second kappa shape index (κ2) is 5.44. The summed E-state index contributed by atoms with van der Waals surface area (Å²) in [6, 6.07) is 5.53. The Hall–Kier alpha value is -1.82. The largest absolute Gasteiger partial charge is 0.393 e. The predicted octanol–water partition coefficient (Wildman–Crippen LogP) is 1.71. The van der Waals surface area contributed by atoms with Gasteiger partial charge in [0.1, 0.15) is 11.4 Å². The van der Waals surface area contributed by atoms with Crippen LogP contribution in [0.4, 0.5) is 17.1 Å². The van der Waals surface area contributed by atoms with Crippen LogP contribution in [0, 0.1) is 10.1 Å². The zero-order valence-electron chi connectivity index (χ0n) is 11.4. The van der Waals surface area contributed by atoms with Crippen molar-refractivity contribution in [2.45, 2.75) is 18.9 Å². The monoisotopic (exact) mass is 264 g/mol. The summed E-state index contributed by atoms with van der Waals surface area (Å²) in [6.45, 7) is 1.87. The molecule has 1 fully saturated rings. The lowest BCUT2D eigenvalue weighted by Crippen LogP contribution is -2.36. The fourth-order valence-corrected chi connectivity index (χ4v) is 2.68. The Balaban J connectivity index is 2.21. The molecule has 0 aliphatic carbocycles. The van der Waals surface area contributed by atoms with Crippen molar-refractivity contribution >= 4 is 17.1 Å². The zero-order valence-corrected chi connectivity index (χ0v) is 11.4. The van der Waals surface area contributed by atoms with E-state index in [9.17, 15) is 10.1 Å². The summed E-state index contributed by atoms with van der Waals surface area (Å²) in [6.07, 6.45) is 2.32. The van der Waals surface area contributed by atoms with Gasteiger partial charge in [-0.2, -0.15) is 0 Å². The molecule has 1 heterocycles. The third kappa shape index (κ3) is 2.78. The van der Waals surface area contributed by atoms with Gasteiger partial charge in [-0.1, -0.05) is 6.07 Å². The number of benzene rings is 1. The van der Waals surface area contributed by atoms with E-state index in [1.165, 1.54) is 6.42 Å². The fourth-order valence-electron chi connectivity index (χ4n) is 2.68. The normalized spacial score (nSPS) is 19.6. The molecule has 1 aromatic carbocycles. The fraction of sp³-hybridized carbons (Fsp3) is 0.538. The first-order valence-corrected chi connectivity index (χ1v) is 6.45. The van der Waals surface area contributed by atoms with Crippen LogP contribution in [0.15, 0.2) is 18.2 Å². The summed E-state index contributed by atoms with van der Waals surface area (Å²) < 4.78 is 0. The van der Waals surface area contributed by atoms with Gasteiger partial charge in [-0.25, -0.2) is 0 Å². The number of likely N-dealkylation sites (tertiary alicyclic amines) is 1. The van der Waals surface area contributed by atoms with E-state index in [2.05, 4.69) is 11.9 Å². The summed E-state index contributed by atoms with van der Waals surface area (Å²) in [4.78, 5) is 15.0. The molecular weight excluding hydrogens is 244 g/mol. The molecule has 6 heteroatoms. The van der Waals surface area contributed by atoms with Crippen molar-refractivity contribution in [1.82, 2.24) is 4.90 Å². The number of anilines is 2. The molecule has 1 aliphatic heterocycles. The number of rotatable bonds is 4. The molecule has 6 nitrogen and oxygen atoms in total. The predicted molar refractivity (Wildman–Crippen MR) is 76.4 cm³/mol. The highest BCUT2D eigenvalue weighted by Crippen LogP contribution is 2.33. The molecule has 0 saturated carbocycles. The van der Waals surface area contributed by atoms with Gasteiger partial charge in [-0.3, -0.25) is 10.1 Å². The lowest BCUT2D eigenvalue weighted by atomic mass is 10.1. The van der Waals surface area contributed by atoms with Crippen LogP contribution in [0.3, 0.4) is 0 Å². The van der Waals surface area contributed by atoms with Crippen molar-refractivity contribution in [3.05, 3.63) is 28.3 Å². The number of nitro benzene ring substituents is 1. The van der Waals surface area contributed by atoms with E-state index in [0.717, 1.165) is 19.5 Å². The Morgan fingerprint density at radius 3 is 2.89 bits per heavy atom. The molecule has 2 rings (SSSR count). The molecule has 1 atom stereocenters. The smallest absolute Gasteiger partial charge is 0.315 e. The maximum absolute atomic E-state index is 11.1. The van der Waals surface area contributed by atoms with Crippen LogP contribution in [0.2, 0.25) is 0 Å². The minimum Gasteiger partial charge on any atom is -0.393 e.